The van der Waals surface area contributed by atoms with Gasteiger partial charge in [-0.2, -0.15) is 0 Å². The van der Waals surface area contributed by atoms with Crippen molar-refractivity contribution in [2.75, 3.05) is 13.7 Å². The summed E-state index contributed by atoms with van der Waals surface area (Å²) >= 11 is 1.68. The second-order valence-corrected chi connectivity index (χ2v) is 6.99. The molecular weight excluding hydrogens is 324 g/mol. The molecule has 0 bridgehead atoms. The maximum absolute atomic E-state index is 12.8. The summed E-state index contributed by atoms with van der Waals surface area (Å²) in [6.07, 6.45) is 2.81. The number of hydrogen-bond donors (Lipinski definition) is 1. The molecule has 0 unspecified atom stereocenters. The fraction of sp³-hybridized carbons (Fsp3) is 0.500. The van der Waals surface area contributed by atoms with Crippen LogP contribution < -0.4 is 5.32 Å². The Hall–Kier alpha value is -1.79. The highest BCUT2D eigenvalue weighted by atomic mass is 32.1. The normalized spacial score (nSPS) is 18.8. The van der Waals surface area contributed by atoms with Crippen LogP contribution in [0, 0.1) is 0 Å². The van der Waals surface area contributed by atoms with E-state index in [1.807, 2.05) is 28.5 Å². The van der Waals surface area contributed by atoms with Crippen molar-refractivity contribution in [1.29, 1.82) is 0 Å². The Kier molecular flexibility index (Phi) is 5.58. The number of methoxy groups -OCH3 is 1. The zero-order chi connectivity index (χ0) is 16.9. The summed E-state index contributed by atoms with van der Waals surface area (Å²) < 4.78 is 10.9. The Morgan fingerprint density at radius 3 is 3.08 bits per heavy atom. The molecule has 0 aromatic carbocycles. The number of ether oxygens (including phenoxy) is 1. The van der Waals surface area contributed by atoms with Crippen molar-refractivity contribution >= 4 is 17.4 Å². The molecule has 1 aliphatic heterocycles. The highest BCUT2D eigenvalue weighted by Crippen LogP contribution is 2.33. The second kappa shape index (κ2) is 7.85. The predicted molar refractivity (Wildman–Crippen MR) is 94.0 cm³/mol. The van der Waals surface area contributed by atoms with Gasteiger partial charge in [0.2, 0.25) is 0 Å². The minimum atomic E-state index is -0.0116. The van der Waals surface area contributed by atoms with E-state index < -0.39 is 0 Å². The highest BCUT2D eigenvalue weighted by molar-refractivity contribution is 7.10. The molecule has 0 saturated carbocycles. The van der Waals surface area contributed by atoms with Gasteiger partial charge in [-0.15, -0.1) is 11.3 Å². The molecule has 130 valence electrons. The number of nitrogens with one attached hydrogen (secondary N) is 1. The van der Waals surface area contributed by atoms with Gasteiger partial charge in [0.15, 0.2) is 0 Å². The molecule has 2 aromatic rings. The summed E-state index contributed by atoms with van der Waals surface area (Å²) in [6, 6.07) is 8.05. The predicted octanol–water partition coefficient (Wildman–Crippen LogP) is 4.49. The van der Waals surface area contributed by atoms with Crippen LogP contribution in [0.5, 0.6) is 0 Å². The number of carbonyl (C=O) groups is 1. The molecule has 2 atom stereocenters. The Balaban J connectivity index is 1.68. The van der Waals surface area contributed by atoms with E-state index in [0.29, 0.717) is 6.61 Å². The maximum Gasteiger partial charge on any atom is 0.318 e. The van der Waals surface area contributed by atoms with Crippen LogP contribution in [0.4, 0.5) is 4.79 Å². The minimum Gasteiger partial charge on any atom is -0.461 e. The van der Waals surface area contributed by atoms with Crippen molar-refractivity contribution in [3.05, 3.63) is 46.0 Å². The maximum atomic E-state index is 12.8. The average Bonchev–Trinajstić information content (AvgIpc) is 3.31. The topological polar surface area (TPSA) is 54.7 Å². The first-order valence-corrected chi connectivity index (χ1v) is 9.29. The smallest absolute Gasteiger partial charge is 0.318 e. The number of hydrogen-bond acceptors (Lipinski definition) is 4. The zero-order valence-corrected chi connectivity index (χ0v) is 15.0. The van der Waals surface area contributed by atoms with Crippen LogP contribution in [-0.4, -0.2) is 24.6 Å². The molecule has 1 saturated heterocycles. The van der Waals surface area contributed by atoms with E-state index in [2.05, 4.69) is 18.3 Å². The number of carbonyl (C=O) groups excluding carboxylic acids is 1. The van der Waals surface area contributed by atoms with E-state index in [-0.39, 0.29) is 18.1 Å². The molecule has 3 rings (SSSR count). The highest BCUT2D eigenvalue weighted by Gasteiger charge is 2.33. The monoisotopic (exact) mass is 348 g/mol. The lowest BCUT2D eigenvalue weighted by Crippen LogP contribution is -2.40. The molecule has 1 fully saturated rings. The van der Waals surface area contributed by atoms with Crippen molar-refractivity contribution < 1.29 is 13.9 Å². The summed E-state index contributed by atoms with van der Waals surface area (Å²) in [6.45, 7) is 3.31. The third-order valence-electron chi connectivity index (χ3n) is 4.40. The Labute approximate surface area is 146 Å². The molecule has 3 heterocycles. The van der Waals surface area contributed by atoms with Crippen molar-refractivity contribution in [2.45, 2.75) is 44.9 Å². The van der Waals surface area contributed by atoms with Crippen molar-refractivity contribution in [1.82, 2.24) is 10.2 Å². The molecule has 6 heteroatoms. The van der Waals surface area contributed by atoms with E-state index in [1.165, 1.54) is 4.88 Å². The molecule has 2 aromatic heterocycles. The fourth-order valence-corrected chi connectivity index (χ4v) is 4.06. The van der Waals surface area contributed by atoms with Crippen LogP contribution >= 0.6 is 11.3 Å². The van der Waals surface area contributed by atoms with Crippen LogP contribution in [0.1, 0.15) is 54.7 Å². The molecular formula is C18H24N2O3S. The van der Waals surface area contributed by atoms with Crippen LogP contribution in [0.3, 0.4) is 0 Å². The fourth-order valence-electron chi connectivity index (χ4n) is 3.19. The number of rotatable bonds is 6. The van der Waals surface area contributed by atoms with Gasteiger partial charge in [-0.05, 0) is 42.8 Å². The molecule has 5 nitrogen and oxygen atoms in total. The van der Waals surface area contributed by atoms with E-state index in [0.717, 1.165) is 37.3 Å². The Bertz CT molecular complexity index is 653. The summed E-state index contributed by atoms with van der Waals surface area (Å²) in [4.78, 5) is 15.9. The second-order valence-electron chi connectivity index (χ2n) is 6.01. The largest absolute Gasteiger partial charge is 0.461 e. The lowest BCUT2D eigenvalue weighted by molar-refractivity contribution is 0.155. The Morgan fingerprint density at radius 2 is 2.38 bits per heavy atom. The quantitative estimate of drug-likeness (QED) is 0.837. The van der Waals surface area contributed by atoms with Crippen molar-refractivity contribution in [2.24, 2.45) is 0 Å². The summed E-state index contributed by atoms with van der Waals surface area (Å²) in [5.74, 6) is 1.64. The third kappa shape index (κ3) is 3.65. The van der Waals surface area contributed by atoms with Gasteiger partial charge in [0.1, 0.15) is 18.1 Å². The number of urea groups is 1. The molecule has 2 amide bonds. The summed E-state index contributed by atoms with van der Waals surface area (Å²) in [5, 5.41) is 5.22. The van der Waals surface area contributed by atoms with Crippen LogP contribution in [0.25, 0.3) is 0 Å². The Morgan fingerprint density at radius 1 is 1.50 bits per heavy atom. The number of amides is 2. The molecule has 1 N–H and O–H groups in total. The lowest BCUT2D eigenvalue weighted by atomic mass is 10.1. The summed E-state index contributed by atoms with van der Waals surface area (Å²) in [7, 11) is 1.65. The number of thiophene rings is 1. The zero-order valence-electron chi connectivity index (χ0n) is 14.2. The molecule has 0 spiro atoms. The van der Waals surface area contributed by atoms with Gasteiger partial charge in [0.25, 0.3) is 0 Å². The number of likely N-dealkylation sites (tertiary alicyclic amines) is 1. The van der Waals surface area contributed by atoms with Gasteiger partial charge in [0.05, 0.1) is 12.1 Å². The van der Waals surface area contributed by atoms with E-state index in [9.17, 15) is 4.79 Å². The number of nitrogens with zero attached hydrogens (tertiary/aromatic N) is 1. The van der Waals surface area contributed by atoms with Gasteiger partial charge < -0.3 is 19.4 Å². The van der Waals surface area contributed by atoms with E-state index in [4.69, 9.17) is 9.15 Å². The average molecular weight is 348 g/mol. The molecule has 0 aliphatic carbocycles. The molecule has 1 aliphatic rings. The summed E-state index contributed by atoms with van der Waals surface area (Å²) in [5.41, 5.74) is 0. The molecule has 24 heavy (non-hydrogen) atoms. The van der Waals surface area contributed by atoms with Gasteiger partial charge in [-0.1, -0.05) is 13.0 Å². The first-order valence-electron chi connectivity index (χ1n) is 8.41. The molecule has 0 radical (unpaired) electrons. The first kappa shape index (κ1) is 17.0. The van der Waals surface area contributed by atoms with Gasteiger partial charge in [-0.3, -0.25) is 0 Å². The standard InChI is InChI=1S/C18H24N2O3S/c1-3-14(17-7-5-11-24-17)19-18(21)20-10-4-6-15(20)16-9-8-13(23-16)12-22-2/h5,7-9,11,14-15H,3-4,6,10,12H2,1-2H3,(H,19,21)/t14-,15-/m0/s1. The third-order valence-corrected chi connectivity index (χ3v) is 5.39. The van der Waals surface area contributed by atoms with Crippen molar-refractivity contribution in [3.63, 3.8) is 0 Å². The van der Waals surface area contributed by atoms with E-state index in [1.54, 1.807) is 18.4 Å². The number of furan rings is 1. The van der Waals surface area contributed by atoms with Gasteiger partial charge in [0, 0.05) is 18.5 Å². The van der Waals surface area contributed by atoms with Gasteiger partial charge >= 0.3 is 6.03 Å². The van der Waals surface area contributed by atoms with E-state index >= 15 is 0 Å². The van der Waals surface area contributed by atoms with Crippen LogP contribution in [0.15, 0.2) is 34.1 Å². The first-order chi connectivity index (χ1) is 11.7. The SMILES string of the molecule is CC[C@H](NC(=O)N1CCC[C@H]1c1ccc(COC)o1)c1cccs1. The lowest BCUT2D eigenvalue weighted by Gasteiger charge is -2.26. The van der Waals surface area contributed by atoms with Crippen LogP contribution in [0.2, 0.25) is 0 Å². The minimum absolute atomic E-state index is 0.0106. The van der Waals surface area contributed by atoms with Crippen LogP contribution in [-0.2, 0) is 11.3 Å². The van der Waals surface area contributed by atoms with Gasteiger partial charge in [-0.25, -0.2) is 4.79 Å². The van der Waals surface area contributed by atoms with Crippen molar-refractivity contribution in [3.8, 4) is 0 Å².